The van der Waals surface area contributed by atoms with Gasteiger partial charge < -0.3 is 9.73 Å². The van der Waals surface area contributed by atoms with Crippen molar-refractivity contribution in [3.63, 3.8) is 0 Å². The topological polar surface area (TPSA) is 79.6 Å². The van der Waals surface area contributed by atoms with Crippen LogP contribution < -0.4 is 9.62 Å². The molecule has 1 amide bonds. The predicted molar refractivity (Wildman–Crippen MR) is 113 cm³/mol. The minimum Gasteiger partial charge on any atom is -0.469 e. The van der Waals surface area contributed by atoms with E-state index in [1.54, 1.807) is 48.7 Å². The molecule has 1 N–H and O–H groups in total. The van der Waals surface area contributed by atoms with E-state index in [2.05, 4.69) is 5.32 Å². The van der Waals surface area contributed by atoms with Crippen molar-refractivity contribution in [1.29, 1.82) is 0 Å². The molecule has 2 aromatic carbocycles. The van der Waals surface area contributed by atoms with E-state index < -0.39 is 10.0 Å². The maximum Gasteiger partial charge on any atom is 0.264 e. The minimum absolute atomic E-state index is 0.0197. The van der Waals surface area contributed by atoms with Crippen LogP contribution in [0.4, 0.5) is 5.69 Å². The second kappa shape index (κ2) is 8.71. The van der Waals surface area contributed by atoms with Crippen LogP contribution >= 0.6 is 11.6 Å². The standard InChI is InChI=1S/C21H21ClN2O4S/c1-15(12-19-9-5-11-28-19)23-21(25)16-6-3-10-20(13-16)29(26,27)24(2)18-8-4-7-17(22)14-18/h3-11,13-15H,12H2,1-2H3,(H,23,25). The third-order valence-electron chi connectivity index (χ3n) is 4.39. The van der Waals surface area contributed by atoms with Gasteiger partial charge in [0.1, 0.15) is 5.76 Å². The predicted octanol–water partition coefficient (Wildman–Crippen LogP) is 4.12. The molecule has 1 aromatic heterocycles. The first kappa shape index (κ1) is 21.0. The smallest absolute Gasteiger partial charge is 0.264 e. The summed E-state index contributed by atoms with van der Waals surface area (Å²) in [5.74, 6) is 0.406. The number of carbonyl (C=O) groups is 1. The number of amides is 1. The number of nitrogens with zero attached hydrogens (tertiary/aromatic N) is 1. The molecule has 6 nitrogen and oxygen atoms in total. The number of benzene rings is 2. The number of halogens is 1. The first-order chi connectivity index (χ1) is 13.8. The zero-order valence-electron chi connectivity index (χ0n) is 16.0. The molecular weight excluding hydrogens is 412 g/mol. The quantitative estimate of drug-likeness (QED) is 0.609. The summed E-state index contributed by atoms with van der Waals surface area (Å²) < 4.78 is 32.4. The third-order valence-corrected chi connectivity index (χ3v) is 6.41. The lowest BCUT2D eigenvalue weighted by atomic mass is 10.1. The summed E-state index contributed by atoms with van der Waals surface area (Å²) in [7, 11) is -2.41. The third kappa shape index (κ3) is 4.99. The Morgan fingerprint density at radius 3 is 2.59 bits per heavy atom. The largest absolute Gasteiger partial charge is 0.469 e. The van der Waals surface area contributed by atoms with Gasteiger partial charge in [0.15, 0.2) is 0 Å². The molecule has 0 saturated heterocycles. The van der Waals surface area contributed by atoms with Crippen LogP contribution in [0.25, 0.3) is 0 Å². The van der Waals surface area contributed by atoms with Gasteiger partial charge in [-0.3, -0.25) is 9.10 Å². The molecule has 152 valence electrons. The van der Waals surface area contributed by atoms with Gasteiger partial charge in [0, 0.05) is 30.1 Å². The SMILES string of the molecule is CC(Cc1ccco1)NC(=O)c1cccc(S(=O)(=O)N(C)c2cccc(Cl)c2)c1. The number of carbonyl (C=O) groups excluding carboxylic acids is 1. The van der Waals surface area contributed by atoms with Crippen molar-refractivity contribution >= 4 is 33.2 Å². The van der Waals surface area contributed by atoms with Crippen molar-refractivity contribution in [2.24, 2.45) is 0 Å². The van der Waals surface area contributed by atoms with E-state index in [0.29, 0.717) is 17.1 Å². The Bertz CT molecular complexity index is 1100. The van der Waals surface area contributed by atoms with Gasteiger partial charge >= 0.3 is 0 Å². The number of rotatable bonds is 7. The molecule has 0 saturated carbocycles. The second-order valence-corrected chi connectivity index (χ2v) is 9.04. The molecule has 0 spiro atoms. The Hall–Kier alpha value is -2.77. The van der Waals surface area contributed by atoms with Gasteiger partial charge in [0.05, 0.1) is 16.8 Å². The van der Waals surface area contributed by atoms with E-state index in [1.165, 1.54) is 19.2 Å². The molecule has 8 heteroatoms. The summed E-state index contributed by atoms with van der Waals surface area (Å²) in [6.45, 7) is 1.86. The van der Waals surface area contributed by atoms with Gasteiger partial charge in [0.2, 0.25) is 0 Å². The lowest BCUT2D eigenvalue weighted by Crippen LogP contribution is -2.34. The molecule has 0 fully saturated rings. The van der Waals surface area contributed by atoms with E-state index in [9.17, 15) is 13.2 Å². The molecule has 1 heterocycles. The van der Waals surface area contributed by atoms with Gasteiger partial charge in [-0.2, -0.15) is 0 Å². The van der Waals surface area contributed by atoms with Crippen molar-refractivity contribution in [3.8, 4) is 0 Å². The Balaban J connectivity index is 1.78. The highest BCUT2D eigenvalue weighted by molar-refractivity contribution is 7.92. The van der Waals surface area contributed by atoms with Crippen molar-refractivity contribution in [2.75, 3.05) is 11.4 Å². The maximum absolute atomic E-state index is 13.0. The lowest BCUT2D eigenvalue weighted by Gasteiger charge is -2.20. The van der Waals surface area contributed by atoms with Crippen LogP contribution in [-0.4, -0.2) is 27.4 Å². The Morgan fingerprint density at radius 2 is 1.90 bits per heavy atom. The average Bonchev–Trinajstić information content (AvgIpc) is 3.20. The first-order valence-corrected chi connectivity index (χ1v) is 10.8. The molecule has 3 aromatic rings. The van der Waals surface area contributed by atoms with Crippen LogP contribution in [0.15, 0.2) is 76.2 Å². The number of sulfonamides is 1. The molecule has 0 aliphatic rings. The summed E-state index contributed by atoms with van der Waals surface area (Å²) >= 11 is 5.97. The number of nitrogens with one attached hydrogen (secondary N) is 1. The highest BCUT2D eigenvalue weighted by atomic mass is 35.5. The number of hydrogen-bond acceptors (Lipinski definition) is 4. The molecule has 0 radical (unpaired) electrons. The molecule has 0 aliphatic carbocycles. The molecule has 0 aliphatic heterocycles. The van der Waals surface area contributed by atoms with Gasteiger partial charge in [-0.15, -0.1) is 0 Å². The number of furan rings is 1. The Morgan fingerprint density at radius 1 is 1.14 bits per heavy atom. The van der Waals surface area contributed by atoms with Gasteiger partial charge in [-0.25, -0.2) is 8.42 Å². The zero-order chi connectivity index (χ0) is 21.0. The highest BCUT2D eigenvalue weighted by Crippen LogP contribution is 2.25. The van der Waals surface area contributed by atoms with Crippen molar-refractivity contribution in [2.45, 2.75) is 24.3 Å². The summed E-state index contributed by atoms with van der Waals surface area (Å²) in [5, 5.41) is 3.29. The van der Waals surface area contributed by atoms with Crippen LogP contribution in [0.1, 0.15) is 23.0 Å². The van der Waals surface area contributed by atoms with Crippen LogP contribution in [-0.2, 0) is 16.4 Å². The van der Waals surface area contributed by atoms with E-state index in [-0.39, 0.29) is 22.4 Å². The van der Waals surface area contributed by atoms with Crippen molar-refractivity contribution < 1.29 is 17.6 Å². The molecule has 3 rings (SSSR count). The summed E-state index contributed by atoms with van der Waals surface area (Å²) in [6.07, 6.45) is 2.11. The second-order valence-electron chi connectivity index (χ2n) is 6.64. The van der Waals surface area contributed by atoms with E-state index in [1.807, 2.05) is 13.0 Å². The number of hydrogen-bond donors (Lipinski definition) is 1. The maximum atomic E-state index is 13.0. The fourth-order valence-electron chi connectivity index (χ4n) is 2.86. The highest BCUT2D eigenvalue weighted by Gasteiger charge is 2.23. The molecule has 1 unspecified atom stereocenters. The summed E-state index contributed by atoms with van der Waals surface area (Å²) in [5.41, 5.74) is 0.691. The van der Waals surface area contributed by atoms with Crippen molar-refractivity contribution in [3.05, 3.63) is 83.3 Å². The minimum atomic E-state index is -3.85. The summed E-state index contributed by atoms with van der Waals surface area (Å²) in [6, 6.07) is 15.9. The molecular formula is C21H21ClN2O4S. The normalized spacial score (nSPS) is 12.4. The fourth-order valence-corrected chi connectivity index (χ4v) is 4.27. The van der Waals surface area contributed by atoms with E-state index in [0.717, 1.165) is 10.1 Å². The average molecular weight is 433 g/mol. The fraction of sp³-hybridized carbons (Fsp3) is 0.190. The Kier molecular flexibility index (Phi) is 6.30. The molecule has 0 bridgehead atoms. The van der Waals surface area contributed by atoms with Crippen LogP contribution in [0.5, 0.6) is 0 Å². The Labute approximate surface area is 175 Å². The van der Waals surface area contributed by atoms with Gasteiger partial charge in [-0.1, -0.05) is 23.7 Å². The van der Waals surface area contributed by atoms with E-state index in [4.69, 9.17) is 16.0 Å². The zero-order valence-corrected chi connectivity index (χ0v) is 17.6. The summed E-state index contributed by atoms with van der Waals surface area (Å²) in [4.78, 5) is 12.6. The lowest BCUT2D eigenvalue weighted by molar-refractivity contribution is 0.0939. The number of anilines is 1. The van der Waals surface area contributed by atoms with Gasteiger partial charge in [-0.05, 0) is 55.5 Å². The molecule has 29 heavy (non-hydrogen) atoms. The van der Waals surface area contributed by atoms with Crippen molar-refractivity contribution in [1.82, 2.24) is 5.32 Å². The monoisotopic (exact) mass is 432 g/mol. The van der Waals surface area contributed by atoms with E-state index >= 15 is 0 Å². The van der Waals surface area contributed by atoms with Gasteiger partial charge in [0.25, 0.3) is 15.9 Å². The van der Waals surface area contributed by atoms with Crippen LogP contribution in [0.3, 0.4) is 0 Å². The molecule has 1 atom stereocenters. The van der Waals surface area contributed by atoms with Crippen LogP contribution in [0, 0.1) is 0 Å². The first-order valence-electron chi connectivity index (χ1n) is 8.95. The van der Waals surface area contributed by atoms with Crippen LogP contribution in [0.2, 0.25) is 5.02 Å².